The van der Waals surface area contributed by atoms with Gasteiger partial charge in [0, 0.05) is 25.3 Å². The monoisotopic (exact) mass is 383 g/mol. The molecule has 1 saturated carbocycles. The molecule has 1 aliphatic heterocycles. The van der Waals surface area contributed by atoms with Crippen LogP contribution in [0.3, 0.4) is 0 Å². The third-order valence-corrected chi connectivity index (χ3v) is 6.76. The Morgan fingerprint density at radius 1 is 1.00 bits per heavy atom. The number of aromatic nitrogens is 4. The zero-order valence-electron chi connectivity index (χ0n) is 17.6. The highest BCUT2D eigenvalue weighted by molar-refractivity contribution is 5.46. The zero-order valence-corrected chi connectivity index (χ0v) is 17.6. The minimum Gasteiger partial charge on any atom is -0.378 e. The Hall–Kier alpha value is -1.95. The molecule has 0 spiro atoms. The Kier molecular flexibility index (Phi) is 5.95. The van der Waals surface area contributed by atoms with E-state index in [1.165, 1.54) is 69.3 Å². The zero-order chi connectivity index (χ0) is 19.5. The molecule has 2 aromatic rings. The van der Waals surface area contributed by atoms with Crippen LogP contribution >= 0.6 is 0 Å². The lowest BCUT2D eigenvalue weighted by Gasteiger charge is -2.34. The number of quaternary nitrogens is 1. The summed E-state index contributed by atoms with van der Waals surface area (Å²) >= 11 is 0. The Labute approximate surface area is 168 Å². The van der Waals surface area contributed by atoms with Gasteiger partial charge in [0.1, 0.15) is 0 Å². The average molecular weight is 384 g/mol. The fraction of sp³-hybridized carbons (Fsp3) is 0.682. The maximum absolute atomic E-state index is 4.59. The van der Waals surface area contributed by atoms with E-state index in [2.05, 4.69) is 70.4 Å². The van der Waals surface area contributed by atoms with Crippen molar-refractivity contribution in [2.24, 2.45) is 5.92 Å². The third-order valence-electron chi connectivity index (χ3n) is 6.76. The number of anilines is 1. The topological polar surface area (TPSA) is 51.3 Å². The number of benzene rings is 1. The summed E-state index contributed by atoms with van der Waals surface area (Å²) in [7, 11) is 4.18. The fourth-order valence-corrected chi connectivity index (χ4v) is 4.93. The van der Waals surface area contributed by atoms with Gasteiger partial charge in [-0.3, -0.25) is 0 Å². The highest BCUT2D eigenvalue weighted by Crippen LogP contribution is 2.30. The first-order valence-corrected chi connectivity index (χ1v) is 11.0. The van der Waals surface area contributed by atoms with Crippen molar-refractivity contribution in [2.45, 2.75) is 64.0 Å². The summed E-state index contributed by atoms with van der Waals surface area (Å²) in [4.78, 5) is 3.77. The maximum atomic E-state index is 4.59. The molecule has 2 aliphatic rings. The van der Waals surface area contributed by atoms with Gasteiger partial charge in [-0.2, -0.15) is 0 Å². The SMILES string of the molecule is CC1CC[NH+]([C@H](c2ccc(N(C)C)cc2)c2nnnn2C2CCCCC2)CC1. The molecule has 2 heterocycles. The molecule has 1 saturated heterocycles. The van der Waals surface area contributed by atoms with Crippen molar-refractivity contribution >= 4 is 5.69 Å². The Morgan fingerprint density at radius 2 is 1.68 bits per heavy atom. The first kappa shape index (κ1) is 19.4. The van der Waals surface area contributed by atoms with Gasteiger partial charge < -0.3 is 9.80 Å². The first-order valence-electron chi connectivity index (χ1n) is 11.0. The predicted molar refractivity (Wildman–Crippen MR) is 112 cm³/mol. The lowest BCUT2D eigenvalue weighted by Crippen LogP contribution is -3.13. The van der Waals surface area contributed by atoms with Gasteiger partial charge in [0.15, 0.2) is 6.04 Å². The van der Waals surface area contributed by atoms with E-state index in [1.807, 2.05) is 0 Å². The summed E-state index contributed by atoms with van der Waals surface area (Å²) in [6, 6.07) is 9.70. The van der Waals surface area contributed by atoms with E-state index in [4.69, 9.17) is 0 Å². The highest BCUT2D eigenvalue weighted by Gasteiger charge is 2.35. The number of tetrazole rings is 1. The Bertz CT molecular complexity index is 739. The minimum absolute atomic E-state index is 0.223. The summed E-state index contributed by atoms with van der Waals surface area (Å²) < 4.78 is 2.18. The van der Waals surface area contributed by atoms with Gasteiger partial charge in [-0.15, -0.1) is 5.10 Å². The molecular weight excluding hydrogens is 348 g/mol. The predicted octanol–water partition coefficient (Wildman–Crippen LogP) is 2.65. The molecule has 28 heavy (non-hydrogen) atoms. The Balaban J connectivity index is 1.68. The average Bonchev–Trinajstić information content (AvgIpc) is 3.20. The summed E-state index contributed by atoms with van der Waals surface area (Å²) in [6.45, 7) is 4.77. The standard InChI is InChI=1S/C22H34N6/c1-17-13-15-27(16-14-17)21(18-9-11-19(12-10-18)26(2)3)22-23-24-25-28(22)20-7-5-4-6-8-20/h9-12,17,20-21H,4-8,13-16H2,1-3H3/p+1/t21-/m1/s1. The Morgan fingerprint density at radius 3 is 2.32 bits per heavy atom. The molecule has 0 amide bonds. The molecule has 2 fully saturated rings. The van der Waals surface area contributed by atoms with Crippen molar-refractivity contribution < 1.29 is 4.90 Å². The molecule has 1 aromatic heterocycles. The lowest BCUT2D eigenvalue weighted by molar-refractivity contribution is -0.932. The van der Waals surface area contributed by atoms with Crippen LogP contribution in [0.2, 0.25) is 0 Å². The normalized spacial score (nSPS) is 24.8. The third kappa shape index (κ3) is 4.07. The second-order valence-electron chi connectivity index (χ2n) is 9.03. The maximum Gasteiger partial charge on any atom is 0.214 e. The molecule has 0 radical (unpaired) electrons. The van der Waals surface area contributed by atoms with Gasteiger partial charge in [-0.1, -0.05) is 38.3 Å². The molecule has 0 unspecified atom stereocenters. The van der Waals surface area contributed by atoms with Crippen molar-refractivity contribution in [1.29, 1.82) is 0 Å². The van der Waals surface area contributed by atoms with Crippen molar-refractivity contribution in [3.05, 3.63) is 35.7 Å². The quantitative estimate of drug-likeness (QED) is 0.862. The van der Waals surface area contributed by atoms with Crippen LogP contribution in [-0.4, -0.2) is 47.4 Å². The van der Waals surface area contributed by atoms with Crippen LogP contribution in [-0.2, 0) is 0 Å². The molecule has 1 N–H and O–H groups in total. The summed E-state index contributed by atoms with van der Waals surface area (Å²) in [5.74, 6) is 1.89. The van der Waals surface area contributed by atoms with Crippen molar-refractivity contribution in [3.63, 3.8) is 0 Å². The first-order chi connectivity index (χ1) is 13.6. The minimum atomic E-state index is 0.223. The molecule has 1 atom stereocenters. The number of hydrogen-bond donors (Lipinski definition) is 1. The van der Waals surface area contributed by atoms with Gasteiger partial charge in [-0.25, -0.2) is 4.68 Å². The second-order valence-corrected chi connectivity index (χ2v) is 9.03. The van der Waals surface area contributed by atoms with E-state index < -0.39 is 0 Å². The molecule has 6 heteroatoms. The number of rotatable bonds is 5. The summed E-state index contributed by atoms with van der Waals surface area (Å²) in [6.07, 6.45) is 8.91. The smallest absolute Gasteiger partial charge is 0.214 e. The van der Waals surface area contributed by atoms with Crippen LogP contribution in [0.1, 0.15) is 75.3 Å². The van der Waals surface area contributed by atoms with Crippen LogP contribution in [0, 0.1) is 5.92 Å². The molecule has 0 bridgehead atoms. The number of hydrogen-bond acceptors (Lipinski definition) is 4. The summed E-state index contributed by atoms with van der Waals surface area (Å²) in [5.41, 5.74) is 2.57. The summed E-state index contributed by atoms with van der Waals surface area (Å²) in [5, 5.41) is 13.2. The van der Waals surface area contributed by atoms with Gasteiger partial charge in [0.2, 0.25) is 5.82 Å². The van der Waals surface area contributed by atoms with E-state index >= 15 is 0 Å². The number of nitrogens with zero attached hydrogens (tertiary/aromatic N) is 5. The number of nitrogens with one attached hydrogen (secondary N) is 1. The van der Waals surface area contributed by atoms with Crippen LogP contribution in [0.15, 0.2) is 24.3 Å². The lowest BCUT2D eigenvalue weighted by atomic mass is 9.93. The van der Waals surface area contributed by atoms with Crippen LogP contribution in [0.4, 0.5) is 5.69 Å². The van der Waals surface area contributed by atoms with E-state index in [1.54, 1.807) is 4.90 Å². The second kappa shape index (κ2) is 8.60. The largest absolute Gasteiger partial charge is 0.378 e. The van der Waals surface area contributed by atoms with Crippen LogP contribution < -0.4 is 9.80 Å². The van der Waals surface area contributed by atoms with Crippen LogP contribution in [0.25, 0.3) is 0 Å². The van der Waals surface area contributed by atoms with Crippen molar-refractivity contribution in [3.8, 4) is 0 Å². The molecule has 1 aromatic carbocycles. The van der Waals surface area contributed by atoms with Gasteiger partial charge in [0.05, 0.1) is 19.1 Å². The molecule has 4 rings (SSSR count). The molecular formula is C22H35N6+. The van der Waals surface area contributed by atoms with Crippen molar-refractivity contribution in [1.82, 2.24) is 20.2 Å². The molecule has 1 aliphatic carbocycles. The van der Waals surface area contributed by atoms with E-state index in [0.29, 0.717) is 6.04 Å². The van der Waals surface area contributed by atoms with E-state index in [-0.39, 0.29) is 6.04 Å². The fourth-order valence-electron chi connectivity index (χ4n) is 4.93. The van der Waals surface area contributed by atoms with Crippen molar-refractivity contribution in [2.75, 3.05) is 32.1 Å². The molecule has 6 nitrogen and oxygen atoms in total. The number of likely N-dealkylation sites (tertiary alicyclic amines) is 1. The van der Waals surface area contributed by atoms with Gasteiger partial charge in [0.25, 0.3) is 0 Å². The number of piperidine rings is 1. The van der Waals surface area contributed by atoms with Gasteiger partial charge in [-0.05, 0) is 54.2 Å². The van der Waals surface area contributed by atoms with Gasteiger partial charge >= 0.3 is 0 Å². The van der Waals surface area contributed by atoms with E-state index in [0.717, 1.165) is 11.7 Å². The van der Waals surface area contributed by atoms with E-state index in [9.17, 15) is 0 Å². The van der Waals surface area contributed by atoms with Crippen LogP contribution in [0.5, 0.6) is 0 Å². The molecule has 152 valence electrons. The highest BCUT2D eigenvalue weighted by atomic mass is 15.6.